The average molecular weight is 358 g/mol. The first kappa shape index (κ1) is 18.7. The van der Waals surface area contributed by atoms with Crippen molar-refractivity contribution in [3.63, 3.8) is 0 Å². The molecule has 0 spiro atoms. The summed E-state index contributed by atoms with van der Waals surface area (Å²) >= 11 is 5.15. The highest BCUT2D eigenvalue weighted by Gasteiger charge is 2.05. The summed E-state index contributed by atoms with van der Waals surface area (Å²) < 4.78 is 10.9. The van der Waals surface area contributed by atoms with Gasteiger partial charge < -0.3 is 20.1 Å². The van der Waals surface area contributed by atoms with Crippen molar-refractivity contribution in [2.45, 2.75) is 19.8 Å². The summed E-state index contributed by atoms with van der Waals surface area (Å²) in [6.45, 7) is 3.04. The molecule has 5 nitrogen and oxygen atoms in total. The van der Waals surface area contributed by atoms with Gasteiger partial charge in [0.1, 0.15) is 11.5 Å². The van der Waals surface area contributed by atoms with Gasteiger partial charge in [0.15, 0.2) is 5.11 Å². The quantitative estimate of drug-likeness (QED) is 0.556. The smallest absolute Gasteiger partial charge is 0.226 e. The van der Waals surface area contributed by atoms with Crippen LogP contribution < -0.4 is 20.1 Å². The monoisotopic (exact) mass is 358 g/mol. The Bertz CT molecular complexity index is 675. The third-order valence-corrected chi connectivity index (χ3v) is 3.44. The maximum atomic E-state index is 11.9. The minimum Gasteiger partial charge on any atom is -0.494 e. The molecule has 0 bridgehead atoms. The lowest BCUT2D eigenvalue weighted by Crippen LogP contribution is -2.34. The molecule has 0 aliphatic heterocycles. The van der Waals surface area contributed by atoms with E-state index in [4.69, 9.17) is 21.7 Å². The van der Waals surface area contributed by atoms with Gasteiger partial charge in [-0.15, -0.1) is 0 Å². The van der Waals surface area contributed by atoms with Crippen molar-refractivity contribution < 1.29 is 14.3 Å². The molecule has 0 saturated carbocycles. The lowest BCUT2D eigenvalue weighted by molar-refractivity contribution is -0.119. The van der Waals surface area contributed by atoms with E-state index in [1.807, 2.05) is 61.5 Å². The van der Waals surface area contributed by atoms with Crippen molar-refractivity contribution in [2.24, 2.45) is 0 Å². The number of hydrogen-bond donors (Lipinski definition) is 2. The van der Waals surface area contributed by atoms with E-state index in [0.717, 1.165) is 17.2 Å². The van der Waals surface area contributed by atoms with Crippen LogP contribution in [-0.4, -0.2) is 24.2 Å². The van der Waals surface area contributed by atoms with Gasteiger partial charge in [0, 0.05) is 12.1 Å². The molecule has 0 fully saturated rings. The molecule has 0 unspecified atom stereocenters. The van der Waals surface area contributed by atoms with Crippen LogP contribution in [-0.2, 0) is 4.79 Å². The maximum absolute atomic E-state index is 11.9. The Kier molecular flexibility index (Phi) is 7.72. The molecule has 0 aliphatic carbocycles. The summed E-state index contributed by atoms with van der Waals surface area (Å²) in [5, 5.41) is 5.91. The van der Waals surface area contributed by atoms with Crippen LogP contribution in [0.5, 0.6) is 11.5 Å². The largest absolute Gasteiger partial charge is 0.494 e. The van der Waals surface area contributed by atoms with Gasteiger partial charge in [0.05, 0.1) is 13.2 Å². The number of para-hydroxylation sites is 1. The summed E-state index contributed by atoms with van der Waals surface area (Å²) in [5.41, 5.74) is 0.793. The highest BCUT2D eigenvalue weighted by molar-refractivity contribution is 7.80. The van der Waals surface area contributed by atoms with Gasteiger partial charge in [0.2, 0.25) is 5.91 Å². The number of amides is 1. The van der Waals surface area contributed by atoms with Gasteiger partial charge in [-0.2, -0.15) is 0 Å². The number of anilines is 1. The standard InChI is InChI=1S/C19H22N2O3S/c1-2-23-17-12-10-15(11-13-17)20-19(25)21-18(22)9-6-14-24-16-7-4-3-5-8-16/h3-5,7-8,10-13H,2,6,9,14H2,1H3,(H2,20,21,22,25). The fourth-order valence-corrected chi connectivity index (χ4v) is 2.32. The molecule has 0 aliphatic rings. The summed E-state index contributed by atoms with van der Waals surface area (Å²) in [6, 6.07) is 16.9. The minimum absolute atomic E-state index is 0.139. The Morgan fingerprint density at radius 1 is 1.00 bits per heavy atom. The fourth-order valence-electron chi connectivity index (χ4n) is 2.09. The fraction of sp³-hybridized carbons (Fsp3) is 0.263. The molecular weight excluding hydrogens is 336 g/mol. The molecule has 2 aromatic carbocycles. The van der Waals surface area contributed by atoms with E-state index in [9.17, 15) is 4.79 Å². The van der Waals surface area contributed by atoms with Gasteiger partial charge in [-0.1, -0.05) is 18.2 Å². The number of carbonyl (C=O) groups is 1. The van der Waals surface area contributed by atoms with E-state index in [1.54, 1.807) is 0 Å². The SMILES string of the molecule is CCOc1ccc(NC(=S)NC(=O)CCCOc2ccccc2)cc1. The van der Waals surface area contributed by atoms with Crippen molar-refractivity contribution in [3.8, 4) is 11.5 Å². The van der Waals surface area contributed by atoms with Crippen molar-refractivity contribution in [1.29, 1.82) is 0 Å². The molecule has 132 valence electrons. The number of hydrogen-bond acceptors (Lipinski definition) is 4. The molecule has 0 atom stereocenters. The molecule has 25 heavy (non-hydrogen) atoms. The number of carbonyl (C=O) groups excluding carboxylic acids is 1. The summed E-state index contributed by atoms with van der Waals surface area (Å²) in [6.07, 6.45) is 0.963. The van der Waals surface area contributed by atoms with Crippen LogP contribution in [0.25, 0.3) is 0 Å². The molecule has 0 radical (unpaired) electrons. The Hall–Kier alpha value is -2.60. The zero-order valence-corrected chi connectivity index (χ0v) is 15.0. The van der Waals surface area contributed by atoms with E-state index in [0.29, 0.717) is 26.1 Å². The number of benzene rings is 2. The van der Waals surface area contributed by atoms with E-state index in [-0.39, 0.29) is 11.0 Å². The molecule has 0 heterocycles. The topological polar surface area (TPSA) is 59.6 Å². The first-order chi connectivity index (χ1) is 12.2. The van der Waals surface area contributed by atoms with Crippen molar-refractivity contribution in [3.05, 3.63) is 54.6 Å². The highest BCUT2D eigenvalue weighted by atomic mass is 32.1. The molecule has 2 aromatic rings. The molecule has 2 rings (SSSR count). The lowest BCUT2D eigenvalue weighted by atomic mass is 10.3. The Balaban J connectivity index is 1.65. The maximum Gasteiger partial charge on any atom is 0.226 e. The third kappa shape index (κ3) is 7.22. The molecule has 6 heteroatoms. The molecule has 0 aromatic heterocycles. The number of ether oxygens (including phenoxy) is 2. The van der Waals surface area contributed by atoms with Crippen LogP contribution in [0.4, 0.5) is 5.69 Å². The normalized spacial score (nSPS) is 9.96. The number of rotatable bonds is 8. The van der Waals surface area contributed by atoms with Crippen molar-refractivity contribution in [2.75, 3.05) is 18.5 Å². The number of thiocarbonyl (C=S) groups is 1. The molecular formula is C19H22N2O3S. The first-order valence-corrected chi connectivity index (χ1v) is 8.59. The molecule has 0 saturated heterocycles. The molecule has 1 amide bonds. The Labute approximate surface area is 153 Å². The van der Waals surface area contributed by atoms with Crippen molar-refractivity contribution >= 4 is 28.9 Å². The van der Waals surface area contributed by atoms with Crippen LogP contribution in [0.1, 0.15) is 19.8 Å². The van der Waals surface area contributed by atoms with E-state index >= 15 is 0 Å². The second-order valence-electron chi connectivity index (χ2n) is 5.22. The van der Waals surface area contributed by atoms with Gasteiger partial charge in [-0.25, -0.2) is 0 Å². The summed E-state index contributed by atoms with van der Waals surface area (Å²) in [4.78, 5) is 11.9. The zero-order valence-electron chi connectivity index (χ0n) is 14.2. The average Bonchev–Trinajstić information content (AvgIpc) is 2.61. The van der Waals surface area contributed by atoms with Gasteiger partial charge in [-0.05, 0) is 62.0 Å². The second kappa shape index (κ2) is 10.3. The van der Waals surface area contributed by atoms with Crippen LogP contribution in [0.15, 0.2) is 54.6 Å². The predicted octanol–water partition coefficient (Wildman–Crippen LogP) is 3.76. The predicted molar refractivity (Wildman–Crippen MR) is 103 cm³/mol. The second-order valence-corrected chi connectivity index (χ2v) is 5.63. The molecule has 2 N–H and O–H groups in total. The Morgan fingerprint density at radius 2 is 1.68 bits per heavy atom. The van der Waals surface area contributed by atoms with Gasteiger partial charge in [0.25, 0.3) is 0 Å². The minimum atomic E-state index is -0.139. The van der Waals surface area contributed by atoms with Gasteiger partial charge >= 0.3 is 0 Å². The van der Waals surface area contributed by atoms with Gasteiger partial charge in [-0.3, -0.25) is 4.79 Å². The zero-order chi connectivity index (χ0) is 17.9. The highest BCUT2D eigenvalue weighted by Crippen LogP contribution is 2.15. The van der Waals surface area contributed by atoms with Crippen LogP contribution in [0.3, 0.4) is 0 Å². The Morgan fingerprint density at radius 3 is 2.36 bits per heavy atom. The summed E-state index contributed by atoms with van der Waals surface area (Å²) in [5.74, 6) is 1.46. The van der Waals surface area contributed by atoms with Crippen LogP contribution in [0.2, 0.25) is 0 Å². The number of nitrogens with one attached hydrogen (secondary N) is 2. The van der Waals surface area contributed by atoms with E-state index in [1.165, 1.54) is 0 Å². The van der Waals surface area contributed by atoms with E-state index in [2.05, 4.69) is 10.6 Å². The van der Waals surface area contributed by atoms with Crippen molar-refractivity contribution in [1.82, 2.24) is 5.32 Å². The first-order valence-electron chi connectivity index (χ1n) is 8.19. The third-order valence-electron chi connectivity index (χ3n) is 3.24. The summed E-state index contributed by atoms with van der Waals surface area (Å²) in [7, 11) is 0. The van der Waals surface area contributed by atoms with Crippen LogP contribution in [0, 0.1) is 0 Å². The lowest BCUT2D eigenvalue weighted by Gasteiger charge is -2.10. The van der Waals surface area contributed by atoms with E-state index < -0.39 is 0 Å². The van der Waals surface area contributed by atoms with Crippen LogP contribution >= 0.6 is 12.2 Å².